The van der Waals surface area contributed by atoms with E-state index in [-0.39, 0.29) is 11.4 Å². The Balaban J connectivity index is 1.89. The van der Waals surface area contributed by atoms with Crippen molar-refractivity contribution >= 4 is 5.95 Å². The molecule has 106 valence electrons. The summed E-state index contributed by atoms with van der Waals surface area (Å²) >= 11 is 0. The van der Waals surface area contributed by atoms with Crippen LogP contribution < -0.4 is 10.2 Å². The maximum absolute atomic E-state index is 13.2. The first-order valence-corrected chi connectivity index (χ1v) is 6.18. The summed E-state index contributed by atoms with van der Waals surface area (Å²) < 4.78 is 39.3. The lowest BCUT2D eigenvalue weighted by molar-refractivity contribution is 0.447. The van der Waals surface area contributed by atoms with E-state index >= 15 is 0 Å². The van der Waals surface area contributed by atoms with Crippen LogP contribution in [-0.4, -0.2) is 41.4 Å². The van der Waals surface area contributed by atoms with Crippen molar-refractivity contribution in [3.8, 4) is 11.4 Å². The summed E-state index contributed by atoms with van der Waals surface area (Å²) in [4.78, 5) is 6.14. The van der Waals surface area contributed by atoms with Crippen molar-refractivity contribution < 1.29 is 13.2 Å². The van der Waals surface area contributed by atoms with E-state index in [9.17, 15) is 13.2 Å². The average molecular weight is 283 g/mol. The first-order chi connectivity index (χ1) is 9.65. The smallest absolute Gasteiger partial charge is 0.245 e. The van der Waals surface area contributed by atoms with E-state index in [0.717, 1.165) is 38.3 Å². The summed E-state index contributed by atoms with van der Waals surface area (Å²) in [6, 6.07) is 1.78. The van der Waals surface area contributed by atoms with Gasteiger partial charge in [-0.25, -0.2) is 13.2 Å². The molecule has 0 aliphatic carbocycles. The largest absolute Gasteiger partial charge is 0.337 e. The van der Waals surface area contributed by atoms with E-state index < -0.39 is 17.5 Å². The molecular formula is C12H12F3N5. The summed E-state index contributed by atoms with van der Waals surface area (Å²) in [5.74, 6) is -3.32. The standard InChI is InChI=1S/C12H12F3N5/c13-8-5-7(6-9(14)10(8)15)11-17-12(19-18-11)20-3-1-16-2-4-20/h5-6,16H,1-4H2,(H,17,18,19). The number of H-pyrrole nitrogens is 1. The van der Waals surface area contributed by atoms with E-state index in [1.165, 1.54) is 0 Å². The van der Waals surface area contributed by atoms with Crippen molar-refractivity contribution in [2.45, 2.75) is 0 Å². The normalized spacial score (nSPS) is 15.7. The minimum atomic E-state index is -1.49. The highest BCUT2D eigenvalue weighted by Crippen LogP contribution is 2.22. The van der Waals surface area contributed by atoms with Crippen LogP contribution in [0.3, 0.4) is 0 Å². The highest BCUT2D eigenvalue weighted by Gasteiger charge is 2.17. The van der Waals surface area contributed by atoms with Crippen molar-refractivity contribution in [3.05, 3.63) is 29.6 Å². The zero-order valence-corrected chi connectivity index (χ0v) is 10.5. The van der Waals surface area contributed by atoms with Gasteiger partial charge in [-0.05, 0) is 12.1 Å². The van der Waals surface area contributed by atoms with E-state index in [0.29, 0.717) is 5.95 Å². The quantitative estimate of drug-likeness (QED) is 0.816. The molecule has 0 saturated carbocycles. The molecule has 1 saturated heterocycles. The molecule has 2 aromatic rings. The highest BCUT2D eigenvalue weighted by atomic mass is 19.2. The Morgan fingerprint density at radius 3 is 2.35 bits per heavy atom. The Bertz CT molecular complexity index is 598. The molecule has 0 amide bonds. The van der Waals surface area contributed by atoms with Gasteiger partial charge in [0, 0.05) is 31.7 Å². The van der Waals surface area contributed by atoms with Crippen LogP contribution >= 0.6 is 0 Å². The molecule has 0 atom stereocenters. The number of piperazine rings is 1. The van der Waals surface area contributed by atoms with Crippen LogP contribution in [0.2, 0.25) is 0 Å². The zero-order valence-electron chi connectivity index (χ0n) is 10.5. The molecule has 5 nitrogen and oxygen atoms in total. The van der Waals surface area contributed by atoms with E-state index in [4.69, 9.17) is 0 Å². The number of aromatic nitrogens is 3. The van der Waals surface area contributed by atoms with Gasteiger partial charge in [0.2, 0.25) is 5.95 Å². The van der Waals surface area contributed by atoms with Crippen molar-refractivity contribution in [2.75, 3.05) is 31.1 Å². The minimum Gasteiger partial charge on any atom is -0.337 e. The summed E-state index contributed by atoms with van der Waals surface area (Å²) in [5, 5.41) is 9.83. The lowest BCUT2D eigenvalue weighted by atomic mass is 10.2. The summed E-state index contributed by atoms with van der Waals surface area (Å²) in [7, 11) is 0. The molecular weight excluding hydrogens is 271 g/mol. The Morgan fingerprint density at radius 1 is 1.05 bits per heavy atom. The second-order valence-electron chi connectivity index (χ2n) is 4.47. The second-order valence-corrected chi connectivity index (χ2v) is 4.47. The van der Waals surface area contributed by atoms with Crippen molar-refractivity contribution in [2.24, 2.45) is 0 Å². The molecule has 2 N–H and O–H groups in total. The van der Waals surface area contributed by atoms with Crippen molar-refractivity contribution in [1.29, 1.82) is 0 Å². The molecule has 1 aromatic heterocycles. The van der Waals surface area contributed by atoms with Gasteiger partial charge < -0.3 is 10.2 Å². The van der Waals surface area contributed by atoms with Gasteiger partial charge in [0.15, 0.2) is 23.3 Å². The van der Waals surface area contributed by atoms with Crippen LogP contribution in [0.4, 0.5) is 19.1 Å². The maximum atomic E-state index is 13.2. The van der Waals surface area contributed by atoms with E-state index in [1.807, 2.05) is 4.90 Å². The predicted molar refractivity (Wildman–Crippen MR) is 66.8 cm³/mol. The maximum Gasteiger partial charge on any atom is 0.245 e. The van der Waals surface area contributed by atoms with Gasteiger partial charge in [-0.2, -0.15) is 4.98 Å². The fourth-order valence-electron chi connectivity index (χ4n) is 2.08. The first kappa shape index (κ1) is 12.9. The molecule has 1 aromatic carbocycles. The third-order valence-electron chi connectivity index (χ3n) is 3.13. The van der Waals surface area contributed by atoms with Gasteiger partial charge in [-0.3, -0.25) is 5.10 Å². The molecule has 8 heteroatoms. The van der Waals surface area contributed by atoms with Gasteiger partial charge in [0.25, 0.3) is 0 Å². The van der Waals surface area contributed by atoms with E-state index in [1.54, 1.807) is 0 Å². The molecule has 20 heavy (non-hydrogen) atoms. The summed E-state index contributed by atoms with van der Waals surface area (Å²) in [6.45, 7) is 3.15. The highest BCUT2D eigenvalue weighted by molar-refractivity contribution is 5.56. The first-order valence-electron chi connectivity index (χ1n) is 6.18. The summed E-state index contributed by atoms with van der Waals surface area (Å²) in [6.07, 6.45) is 0. The van der Waals surface area contributed by atoms with Gasteiger partial charge in [-0.1, -0.05) is 0 Å². The molecule has 1 fully saturated rings. The minimum absolute atomic E-state index is 0.121. The lowest BCUT2D eigenvalue weighted by Gasteiger charge is -2.25. The Labute approximate surface area is 112 Å². The number of nitrogens with zero attached hydrogens (tertiary/aromatic N) is 3. The van der Waals surface area contributed by atoms with Gasteiger partial charge in [-0.15, -0.1) is 5.10 Å². The molecule has 0 bridgehead atoms. The Kier molecular flexibility index (Phi) is 3.31. The second kappa shape index (κ2) is 5.12. The fourth-order valence-corrected chi connectivity index (χ4v) is 2.08. The van der Waals surface area contributed by atoms with Crippen LogP contribution in [0.25, 0.3) is 11.4 Å². The van der Waals surface area contributed by atoms with Crippen LogP contribution in [0, 0.1) is 17.5 Å². The number of anilines is 1. The number of aromatic amines is 1. The number of hydrogen-bond acceptors (Lipinski definition) is 4. The Morgan fingerprint density at radius 2 is 1.70 bits per heavy atom. The van der Waals surface area contributed by atoms with Gasteiger partial charge in [0.1, 0.15) is 0 Å². The van der Waals surface area contributed by atoms with Crippen molar-refractivity contribution in [1.82, 2.24) is 20.5 Å². The monoisotopic (exact) mass is 283 g/mol. The van der Waals surface area contributed by atoms with Gasteiger partial charge >= 0.3 is 0 Å². The SMILES string of the molecule is Fc1cc(-c2nc(N3CCNCC3)n[nH]2)cc(F)c1F. The average Bonchev–Trinajstić information content (AvgIpc) is 2.95. The number of hydrogen-bond donors (Lipinski definition) is 2. The molecule has 0 unspecified atom stereocenters. The fraction of sp³-hybridized carbons (Fsp3) is 0.333. The van der Waals surface area contributed by atoms with Crippen LogP contribution in [-0.2, 0) is 0 Å². The third-order valence-corrected chi connectivity index (χ3v) is 3.13. The van der Waals surface area contributed by atoms with Gasteiger partial charge in [0.05, 0.1) is 0 Å². The number of halogens is 3. The molecule has 1 aliphatic rings. The van der Waals surface area contributed by atoms with Crippen molar-refractivity contribution in [3.63, 3.8) is 0 Å². The molecule has 1 aliphatic heterocycles. The van der Waals surface area contributed by atoms with Crippen LogP contribution in [0.5, 0.6) is 0 Å². The molecule has 2 heterocycles. The molecule has 3 rings (SSSR count). The summed E-state index contributed by atoms with van der Waals surface area (Å²) in [5.41, 5.74) is 0.121. The number of nitrogens with one attached hydrogen (secondary N) is 2. The third kappa shape index (κ3) is 2.34. The zero-order chi connectivity index (χ0) is 14.1. The van der Waals surface area contributed by atoms with Crippen LogP contribution in [0.15, 0.2) is 12.1 Å². The van der Waals surface area contributed by atoms with E-state index in [2.05, 4.69) is 20.5 Å². The number of rotatable bonds is 2. The predicted octanol–water partition coefficient (Wildman–Crippen LogP) is 1.30. The Hall–Kier alpha value is -2.09. The lowest BCUT2D eigenvalue weighted by Crippen LogP contribution is -2.44. The van der Waals surface area contributed by atoms with Crippen LogP contribution in [0.1, 0.15) is 0 Å². The topological polar surface area (TPSA) is 56.8 Å². The molecule has 0 radical (unpaired) electrons. The number of benzene rings is 1. The molecule has 0 spiro atoms.